The second-order valence-electron chi connectivity index (χ2n) is 5.00. The highest BCUT2D eigenvalue weighted by atomic mass is 14.9. The average Bonchev–Trinajstić information content (AvgIpc) is 2.49. The Hall–Kier alpha value is -1.10. The average molecular weight is 278 g/mol. The van der Waals surface area contributed by atoms with E-state index in [-0.39, 0.29) is 0 Å². The molecule has 0 unspecified atom stereocenters. The van der Waals surface area contributed by atoms with Crippen LogP contribution in [0.2, 0.25) is 0 Å². The standard InChI is InChI=1S/C16H30N4/c17-10-6-13-18-11-4-5-12-19-14-7-15-20-16-8-2-1-3-9-16/h1-3,8-9,18-20H,4-7,10-15,17H2. The van der Waals surface area contributed by atoms with Crippen LogP contribution in [0.1, 0.15) is 25.7 Å². The molecule has 0 saturated carbocycles. The fourth-order valence-corrected chi connectivity index (χ4v) is 1.98. The van der Waals surface area contributed by atoms with Crippen LogP contribution in [-0.2, 0) is 0 Å². The number of benzene rings is 1. The molecule has 0 aliphatic carbocycles. The van der Waals surface area contributed by atoms with E-state index in [0.29, 0.717) is 0 Å². The summed E-state index contributed by atoms with van der Waals surface area (Å²) in [6.07, 6.45) is 4.71. The zero-order valence-corrected chi connectivity index (χ0v) is 12.5. The second kappa shape index (κ2) is 12.9. The summed E-state index contributed by atoms with van der Waals surface area (Å²) in [5.74, 6) is 0. The maximum Gasteiger partial charge on any atom is 0.0340 e. The molecule has 1 rings (SSSR count). The lowest BCUT2D eigenvalue weighted by atomic mass is 10.3. The molecule has 0 bridgehead atoms. The van der Waals surface area contributed by atoms with E-state index in [0.717, 1.165) is 52.1 Å². The molecular weight excluding hydrogens is 248 g/mol. The Kier molecular flexibility index (Phi) is 10.9. The van der Waals surface area contributed by atoms with Gasteiger partial charge in [0.25, 0.3) is 0 Å². The Labute approximate surface area is 123 Å². The highest BCUT2D eigenvalue weighted by Crippen LogP contribution is 2.03. The van der Waals surface area contributed by atoms with Gasteiger partial charge in [-0.15, -0.1) is 0 Å². The summed E-state index contributed by atoms with van der Waals surface area (Å²) >= 11 is 0. The Bertz CT molecular complexity index is 303. The molecule has 0 atom stereocenters. The van der Waals surface area contributed by atoms with Gasteiger partial charge in [0.05, 0.1) is 0 Å². The third kappa shape index (κ3) is 9.78. The van der Waals surface area contributed by atoms with E-state index in [2.05, 4.69) is 40.2 Å². The number of unbranched alkanes of at least 4 members (excludes halogenated alkanes) is 1. The number of hydrogen-bond acceptors (Lipinski definition) is 4. The van der Waals surface area contributed by atoms with Gasteiger partial charge in [-0.1, -0.05) is 18.2 Å². The Morgan fingerprint density at radius 2 is 1.30 bits per heavy atom. The third-order valence-corrected chi connectivity index (χ3v) is 3.15. The number of rotatable bonds is 13. The molecule has 0 radical (unpaired) electrons. The lowest BCUT2D eigenvalue weighted by Crippen LogP contribution is -2.22. The van der Waals surface area contributed by atoms with Crippen molar-refractivity contribution in [3.8, 4) is 0 Å². The molecule has 4 nitrogen and oxygen atoms in total. The van der Waals surface area contributed by atoms with Gasteiger partial charge in [-0.05, 0) is 70.5 Å². The molecular formula is C16H30N4. The van der Waals surface area contributed by atoms with Crippen molar-refractivity contribution < 1.29 is 0 Å². The summed E-state index contributed by atoms with van der Waals surface area (Å²) in [6, 6.07) is 10.4. The molecule has 5 N–H and O–H groups in total. The smallest absolute Gasteiger partial charge is 0.0340 e. The molecule has 0 aliphatic rings. The summed E-state index contributed by atoms with van der Waals surface area (Å²) < 4.78 is 0. The SMILES string of the molecule is NCCCNCCCCNCCCNc1ccccc1. The van der Waals surface area contributed by atoms with Crippen LogP contribution in [0.5, 0.6) is 0 Å². The molecule has 0 fully saturated rings. The van der Waals surface area contributed by atoms with E-state index in [4.69, 9.17) is 5.73 Å². The summed E-state index contributed by atoms with van der Waals surface area (Å²) in [5, 5.41) is 10.3. The topological polar surface area (TPSA) is 62.1 Å². The van der Waals surface area contributed by atoms with Gasteiger partial charge in [-0.25, -0.2) is 0 Å². The van der Waals surface area contributed by atoms with Gasteiger partial charge in [0.1, 0.15) is 0 Å². The van der Waals surface area contributed by atoms with E-state index in [9.17, 15) is 0 Å². The van der Waals surface area contributed by atoms with Crippen molar-refractivity contribution in [2.24, 2.45) is 5.73 Å². The number of hydrogen-bond donors (Lipinski definition) is 4. The van der Waals surface area contributed by atoms with Crippen molar-refractivity contribution in [3.05, 3.63) is 30.3 Å². The van der Waals surface area contributed by atoms with Crippen molar-refractivity contribution >= 4 is 5.69 Å². The molecule has 0 amide bonds. The van der Waals surface area contributed by atoms with Gasteiger partial charge in [0.15, 0.2) is 0 Å². The van der Waals surface area contributed by atoms with Gasteiger partial charge in [0.2, 0.25) is 0 Å². The quantitative estimate of drug-likeness (QED) is 0.416. The first-order valence-corrected chi connectivity index (χ1v) is 7.84. The van der Waals surface area contributed by atoms with Gasteiger partial charge in [-0.3, -0.25) is 0 Å². The van der Waals surface area contributed by atoms with E-state index in [1.54, 1.807) is 0 Å². The van der Waals surface area contributed by atoms with E-state index >= 15 is 0 Å². The zero-order chi connectivity index (χ0) is 14.3. The number of anilines is 1. The van der Waals surface area contributed by atoms with Crippen LogP contribution in [-0.4, -0.2) is 39.3 Å². The van der Waals surface area contributed by atoms with Crippen LogP contribution in [0.3, 0.4) is 0 Å². The molecule has 1 aromatic carbocycles. The Morgan fingerprint density at radius 3 is 1.95 bits per heavy atom. The van der Waals surface area contributed by atoms with Crippen LogP contribution in [0, 0.1) is 0 Å². The summed E-state index contributed by atoms with van der Waals surface area (Å²) in [7, 11) is 0. The monoisotopic (exact) mass is 278 g/mol. The van der Waals surface area contributed by atoms with Gasteiger partial charge in [-0.2, -0.15) is 0 Å². The number of nitrogens with two attached hydrogens (primary N) is 1. The molecule has 4 heteroatoms. The van der Waals surface area contributed by atoms with Crippen LogP contribution in [0.25, 0.3) is 0 Å². The first kappa shape index (κ1) is 17.0. The predicted octanol–water partition coefficient (Wildman–Crippen LogP) is 1.80. The van der Waals surface area contributed by atoms with Crippen molar-refractivity contribution in [2.75, 3.05) is 44.6 Å². The Morgan fingerprint density at radius 1 is 0.700 bits per heavy atom. The van der Waals surface area contributed by atoms with Crippen LogP contribution < -0.4 is 21.7 Å². The highest BCUT2D eigenvalue weighted by molar-refractivity contribution is 5.42. The van der Waals surface area contributed by atoms with Crippen LogP contribution in [0.15, 0.2) is 30.3 Å². The normalized spacial score (nSPS) is 10.7. The first-order chi connectivity index (χ1) is 9.93. The predicted molar refractivity (Wildman–Crippen MR) is 88.2 cm³/mol. The molecule has 114 valence electrons. The lowest BCUT2D eigenvalue weighted by molar-refractivity contribution is 0.572. The minimum atomic E-state index is 0.783. The van der Waals surface area contributed by atoms with E-state index in [1.165, 1.54) is 18.5 Å². The van der Waals surface area contributed by atoms with E-state index in [1.807, 2.05) is 6.07 Å². The number of nitrogens with one attached hydrogen (secondary N) is 3. The van der Waals surface area contributed by atoms with Gasteiger partial charge < -0.3 is 21.7 Å². The maximum absolute atomic E-state index is 5.43. The van der Waals surface area contributed by atoms with E-state index < -0.39 is 0 Å². The maximum atomic E-state index is 5.43. The summed E-state index contributed by atoms with van der Waals surface area (Å²) in [6.45, 7) is 6.17. The molecule has 0 saturated heterocycles. The highest BCUT2D eigenvalue weighted by Gasteiger charge is 1.92. The second-order valence-corrected chi connectivity index (χ2v) is 5.00. The minimum Gasteiger partial charge on any atom is -0.385 e. The fraction of sp³-hybridized carbons (Fsp3) is 0.625. The summed E-state index contributed by atoms with van der Waals surface area (Å²) in [4.78, 5) is 0. The first-order valence-electron chi connectivity index (χ1n) is 7.84. The van der Waals surface area contributed by atoms with Crippen LogP contribution >= 0.6 is 0 Å². The molecule has 0 heterocycles. The van der Waals surface area contributed by atoms with Gasteiger partial charge in [0, 0.05) is 12.2 Å². The molecule has 1 aromatic rings. The van der Waals surface area contributed by atoms with Crippen LogP contribution in [0.4, 0.5) is 5.69 Å². The molecule has 0 aliphatic heterocycles. The fourth-order valence-electron chi connectivity index (χ4n) is 1.98. The molecule has 0 spiro atoms. The Balaban J connectivity index is 1.77. The largest absolute Gasteiger partial charge is 0.385 e. The molecule has 0 aromatic heterocycles. The summed E-state index contributed by atoms with van der Waals surface area (Å²) in [5.41, 5.74) is 6.64. The lowest BCUT2D eigenvalue weighted by Gasteiger charge is -2.07. The van der Waals surface area contributed by atoms with Gasteiger partial charge >= 0.3 is 0 Å². The van der Waals surface area contributed by atoms with Crippen molar-refractivity contribution in [3.63, 3.8) is 0 Å². The number of para-hydroxylation sites is 1. The third-order valence-electron chi connectivity index (χ3n) is 3.15. The van der Waals surface area contributed by atoms with Crippen molar-refractivity contribution in [1.82, 2.24) is 10.6 Å². The molecule has 20 heavy (non-hydrogen) atoms. The van der Waals surface area contributed by atoms with Crippen molar-refractivity contribution in [2.45, 2.75) is 25.7 Å². The van der Waals surface area contributed by atoms with Crippen molar-refractivity contribution in [1.29, 1.82) is 0 Å². The minimum absolute atomic E-state index is 0.783. The zero-order valence-electron chi connectivity index (χ0n) is 12.5.